The van der Waals surface area contributed by atoms with Gasteiger partial charge in [0.2, 0.25) is 0 Å². The van der Waals surface area contributed by atoms with E-state index in [9.17, 15) is 9.59 Å². The Morgan fingerprint density at radius 1 is 1.07 bits per heavy atom. The van der Waals surface area contributed by atoms with Gasteiger partial charge in [-0.15, -0.1) is 0 Å². The molecule has 0 aliphatic carbocycles. The van der Waals surface area contributed by atoms with Crippen molar-refractivity contribution in [2.45, 2.75) is 19.5 Å². The van der Waals surface area contributed by atoms with E-state index in [2.05, 4.69) is 10.4 Å². The second kappa shape index (κ2) is 7.86. The molecule has 4 rings (SSSR count). The number of aromatic nitrogens is 2. The van der Waals surface area contributed by atoms with Crippen LogP contribution in [0.5, 0.6) is 0 Å². The highest BCUT2D eigenvalue weighted by atomic mass is 35.5. The van der Waals surface area contributed by atoms with Crippen LogP contribution in [0.2, 0.25) is 5.02 Å². The number of aryl methyl sites for hydroxylation is 1. The number of halogens is 1. The van der Waals surface area contributed by atoms with E-state index >= 15 is 0 Å². The number of anilines is 1. The molecule has 1 aliphatic rings. The minimum atomic E-state index is -0.370. The lowest BCUT2D eigenvalue weighted by molar-refractivity contribution is 0.0745. The van der Waals surface area contributed by atoms with Crippen LogP contribution in [0.1, 0.15) is 33.0 Å². The summed E-state index contributed by atoms with van der Waals surface area (Å²) in [5.41, 5.74) is 2.30. The Kier molecular flexibility index (Phi) is 5.12. The first-order valence-electron chi connectivity index (χ1n) is 9.08. The number of nitrogens with zero attached hydrogens (tertiary/aromatic N) is 3. The van der Waals surface area contributed by atoms with Crippen molar-refractivity contribution in [2.75, 3.05) is 11.9 Å². The Labute approximate surface area is 167 Å². The van der Waals surface area contributed by atoms with Crippen LogP contribution in [0.3, 0.4) is 0 Å². The van der Waals surface area contributed by atoms with Gasteiger partial charge in [0.15, 0.2) is 5.69 Å². The summed E-state index contributed by atoms with van der Waals surface area (Å²) in [4.78, 5) is 27.3. The van der Waals surface area contributed by atoms with Gasteiger partial charge in [-0.25, -0.2) is 0 Å². The van der Waals surface area contributed by atoms with Gasteiger partial charge >= 0.3 is 0 Å². The Hall–Kier alpha value is -3.12. The van der Waals surface area contributed by atoms with Gasteiger partial charge in [0, 0.05) is 36.4 Å². The van der Waals surface area contributed by atoms with Crippen molar-refractivity contribution in [2.24, 2.45) is 0 Å². The fraction of sp³-hybridized carbons (Fsp3) is 0.190. The number of hydrogen-bond acceptors (Lipinski definition) is 3. The average Bonchev–Trinajstić information content (AvgIpc) is 3.06. The third kappa shape index (κ3) is 3.92. The van der Waals surface area contributed by atoms with Crippen molar-refractivity contribution in [1.82, 2.24) is 14.7 Å². The van der Waals surface area contributed by atoms with Gasteiger partial charge in [0.25, 0.3) is 11.8 Å². The van der Waals surface area contributed by atoms with Crippen molar-refractivity contribution in [3.8, 4) is 0 Å². The Morgan fingerprint density at radius 2 is 1.89 bits per heavy atom. The lowest BCUT2D eigenvalue weighted by Gasteiger charge is -2.20. The highest BCUT2D eigenvalue weighted by Gasteiger charge is 2.26. The number of benzene rings is 2. The number of carbonyl (C=O) groups is 2. The molecule has 0 radical (unpaired) electrons. The van der Waals surface area contributed by atoms with E-state index in [1.165, 1.54) is 0 Å². The van der Waals surface area contributed by atoms with E-state index in [-0.39, 0.29) is 17.5 Å². The molecule has 142 valence electrons. The molecule has 7 heteroatoms. The molecule has 3 aromatic rings. The van der Waals surface area contributed by atoms with E-state index in [4.69, 9.17) is 11.6 Å². The third-order valence-electron chi connectivity index (χ3n) is 4.62. The van der Waals surface area contributed by atoms with E-state index in [0.29, 0.717) is 36.0 Å². The van der Waals surface area contributed by atoms with E-state index in [1.54, 1.807) is 39.9 Å². The summed E-state index contributed by atoms with van der Waals surface area (Å²) in [7, 11) is 0. The molecule has 6 nitrogen and oxygen atoms in total. The molecule has 0 saturated carbocycles. The number of nitrogens with one attached hydrogen (secondary N) is 1. The zero-order valence-corrected chi connectivity index (χ0v) is 15.9. The van der Waals surface area contributed by atoms with Crippen LogP contribution in [0.4, 0.5) is 5.69 Å². The van der Waals surface area contributed by atoms with Crippen LogP contribution < -0.4 is 5.32 Å². The normalized spacial score (nSPS) is 13.8. The lowest BCUT2D eigenvalue weighted by Crippen LogP contribution is -2.30. The van der Waals surface area contributed by atoms with Crippen LogP contribution in [0.25, 0.3) is 0 Å². The Bertz CT molecular complexity index is 1020. The molecule has 0 saturated heterocycles. The highest BCUT2D eigenvalue weighted by Crippen LogP contribution is 2.19. The molecule has 0 fully saturated rings. The third-order valence-corrected chi connectivity index (χ3v) is 4.85. The average molecular weight is 395 g/mol. The molecule has 1 aliphatic heterocycles. The molecule has 0 atom stereocenters. The highest BCUT2D eigenvalue weighted by molar-refractivity contribution is 6.30. The van der Waals surface area contributed by atoms with Crippen molar-refractivity contribution in [3.05, 3.63) is 82.6 Å². The molecular weight excluding hydrogens is 376 g/mol. The van der Waals surface area contributed by atoms with E-state index < -0.39 is 0 Å². The minimum absolute atomic E-state index is 0.115. The summed E-state index contributed by atoms with van der Waals surface area (Å²) in [6.45, 7) is 1.78. The van der Waals surface area contributed by atoms with Crippen LogP contribution in [-0.4, -0.2) is 33.0 Å². The van der Waals surface area contributed by atoms with Crippen molar-refractivity contribution in [1.29, 1.82) is 0 Å². The maximum atomic E-state index is 13.0. The van der Waals surface area contributed by atoms with Gasteiger partial charge < -0.3 is 10.2 Å². The molecule has 2 heterocycles. The number of hydrogen-bond donors (Lipinski definition) is 1. The zero-order chi connectivity index (χ0) is 19.5. The standard InChI is InChI=1S/C21H19ClN4O2/c22-16-8-4-9-17(12-16)23-20(27)18-13-19-21(28)25(10-5-11-26(19)24-18)14-15-6-2-1-3-7-15/h1-4,6-9,12-13H,5,10-11,14H2,(H,23,27). The molecule has 0 spiro atoms. The minimum Gasteiger partial charge on any atom is -0.333 e. The Balaban J connectivity index is 1.53. The molecule has 0 bridgehead atoms. The summed E-state index contributed by atoms with van der Waals surface area (Å²) in [6.07, 6.45) is 0.780. The molecule has 2 amide bonds. The van der Waals surface area contributed by atoms with Crippen LogP contribution in [0, 0.1) is 0 Å². The van der Waals surface area contributed by atoms with Crippen molar-refractivity contribution >= 4 is 29.1 Å². The van der Waals surface area contributed by atoms with Gasteiger partial charge in [0.1, 0.15) is 5.69 Å². The summed E-state index contributed by atoms with van der Waals surface area (Å²) in [6, 6.07) is 18.3. The summed E-state index contributed by atoms with van der Waals surface area (Å²) >= 11 is 5.96. The number of amides is 2. The molecule has 1 N–H and O–H groups in total. The van der Waals surface area contributed by atoms with Gasteiger partial charge in [-0.05, 0) is 30.2 Å². The van der Waals surface area contributed by atoms with Crippen LogP contribution >= 0.6 is 11.6 Å². The maximum Gasteiger partial charge on any atom is 0.276 e. The monoisotopic (exact) mass is 394 g/mol. The molecular formula is C21H19ClN4O2. The second-order valence-electron chi connectivity index (χ2n) is 6.67. The van der Waals surface area contributed by atoms with Gasteiger partial charge in [-0.1, -0.05) is 48.0 Å². The van der Waals surface area contributed by atoms with Gasteiger partial charge in [-0.2, -0.15) is 5.10 Å². The Morgan fingerprint density at radius 3 is 2.68 bits per heavy atom. The first kappa shape index (κ1) is 18.3. The maximum absolute atomic E-state index is 13.0. The molecule has 2 aromatic carbocycles. The number of rotatable bonds is 4. The number of carbonyl (C=O) groups excluding carboxylic acids is 2. The first-order valence-corrected chi connectivity index (χ1v) is 9.46. The van der Waals surface area contributed by atoms with Crippen LogP contribution in [0.15, 0.2) is 60.7 Å². The van der Waals surface area contributed by atoms with Crippen molar-refractivity contribution < 1.29 is 9.59 Å². The fourth-order valence-electron chi connectivity index (χ4n) is 3.26. The molecule has 1 aromatic heterocycles. The van der Waals surface area contributed by atoms with Crippen LogP contribution in [-0.2, 0) is 13.1 Å². The fourth-order valence-corrected chi connectivity index (χ4v) is 3.45. The van der Waals surface area contributed by atoms with E-state index in [1.807, 2.05) is 30.3 Å². The topological polar surface area (TPSA) is 67.2 Å². The quantitative estimate of drug-likeness (QED) is 0.731. The lowest BCUT2D eigenvalue weighted by atomic mass is 10.2. The zero-order valence-electron chi connectivity index (χ0n) is 15.1. The van der Waals surface area contributed by atoms with Gasteiger partial charge in [-0.3, -0.25) is 14.3 Å². The number of fused-ring (bicyclic) bond motifs is 1. The molecule has 0 unspecified atom stereocenters. The summed E-state index contributed by atoms with van der Waals surface area (Å²) < 4.78 is 1.63. The van der Waals surface area contributed by atoms with Crippen molar-refractivity contribution in [3.63, 3.8) is 0 Å². The largest absolute Gasteiger partial charge is 0.333 e. The van der Waals surface area contributed by atoms with E-state index in [0.717, 1.165) is 12.0 Å². The smallest absolute Gasteiger partial charge is 0.276 e. The van der Waals surface area contributed by atoms with Gasteiger partial charge in [0.05, 0.1) is 0 Å². The SMILES string of the molecule is O=C(Nc1cccc(Cl)c1)c1cc2n(n1)CCCN(Cc1ccccc1)C2=O. The second-order valence-corrected chi connectivity index (χ2v) is 7.10. The molecule has 28 heavy (non-hydrogen) atoms. The predicted octanol–water partition coefficient (Wildman–Crippen LogP) is 3.83. The summed E-state index contributed by atoms with van der Waals surface area (Å²) in [5.74, 6) is -0.485. The summed E-state index contributed by atoms with van der Waals surface area (Å²) in [5, 5.41) is 7.64. The predicted molar refractivity (Wildman–Crippen MR) is 107 cm³/mol. The first-order chi connectivity index (χ1) is 13.6.